The third kappa shape index (κ3) is 17.0. The Hall–Kier alpha value is -5.87. The van der Waals surface area contributed by atoms with E-state index in [0.717, 1.165) is 4.57 Å². The maximum Gasteiger partial charge on any atom is 0.351 e. The zero-order chi connectivity index (χ0) is 78.4. The van der Waals surface area contributed by atoms with Crippen molar-refractivity contribution in [2.45, 2.75) is 146 Å². The lowest BCUT2D eigenvalue weighted by molar-refractivity contribution is -0.0559. The van der Waals surface area contributed by atoms with Gasteiger partial charge in [-0.2, -0.15) is 15.0 Å². The molecule has 0 radical (unpaired) electrons. The molecule has 22 atom stereocenters. The van der Waals surface area contributed by atoms with Gasteiger partial charge < -0.3 is 122 Å². The molecule has 0 amide bonds. The van der Waals surface area contributed by atoms with Gasteiger partial charge in [0.1, 0.15) is 97.3 Å². The predicted octanol–water partition coefficient (Wildman–Crippen LogP) is 1.47. The SMILES string of the molecule is CC[C@H]1O[C@@H](n2cnc3c(=O)[nH]c(N)nc32)C[C@H]1OP(O)(=S)OC[C@H]1O[C@@H](n2cnc3c(=O)[nH]c(N)nc32)C[C@H]1OP(O)(=S)OC[C@H]1O[C@@H](n2cc(C)c(N)nc2=O)C[C@H]1OP(O)(=S)OC[C@H]1O[C@@H](n2cnc3c(N)ncnc32)C(C)[C@H]1OP(O)(=S)OC[C@H]1O[C@@H](n2cnc3c(N)ncnc32)C(C)[C@H]1OP(O)(=S)OC. The predicted molar refractivity (Wildman–Crippen MR) is 402 cm³/mol. The summed E-state index contributed by atoms with van der Waals surface area (Å²) in [5, 5.41) is 0. The molecule has 0 aliphatic carbocycles. The molecule has 7 unspecified atom stereocenters. The van der Waals surface area contributed by atoms with E-state index >= 15 is 0 Å². The summed E-state index contributed by atoms with van der Waals surface area (Å²) < 4.78 is 99.5. The first-order valence-electron chi connectivity index (χ1n) is 33.2. The summed E-state index contributed by atoms with van der Waals surface area (Å²) in [5.74, 6) is -1.75. The van der Waals surface area contributed by atoms with E-state index in [0.29, 0.717) is 17.6 Å². The van der Waals surface area contributed by atoms with Crippen LogP contribution in [0.4, 0.5) is 29.4 Å². The van der Waals surface area contributed by atoms with Gasteiger partial charge in [0.2, 0.25) is 11.9 Å². The van der Waals surface area contributed by atoms with Crippen LogP contribution < -0.4 is 45.5 Å². The first-order chi connectivity index (χ1) is 52.0. The van der Waals surface area contributed by atoms with Crippen LogP contribution in [0.3, 0.4) is 0 Å². The van der Waals surface area contributed by atoms with Crippen LogP contribution >= 0.6 is 33.6 Å². The second-order valence-corrected chi connectivity index (χ2v) is 39.9. The van der Waals surface area contributed by atoms with Crippen molar-refractivity contribution in [3.8, 4) is 0 Å². The molecule has 56 heteroatoms. The molecule has 0 aromatic carbocycles. The van der Waals surface area contributed by atoms with E-state index in [2.05, 4.69) is 64.8 Å². The number of nitrogen functional groups attached to an aromatic ring is 5. The van der Waals surface area contributed by atoms with Gasteiger partial charge in [-0.3, -0.25) is 42.4 Å². The molecule has 5 aliphatic rings. The lowest BCUT2D eigenvalue weighted by atomic mass is 10.0. The fourth-order valence-electron chi connectivity index (χ4n) is 13.5. The minimum Gasteiger partial charge on any atom is -0.383 e. The molecule has 5 aliphatic heterocycles. The Morgan fingerprint density at radius 2 is 0.845 bits per heavy atom. The van der Waals surface area contributed by atoms with Crippen LogP contribution in [0.5, 0.6) is 0 Å². The standard InChI is InChI=1S/C54H72N23O23P5S5/c1-6-24-25(7-33(91-24)74-17-66-37-46(74)69-52(58)71-48(37)78)96-102(82,107)87-12-29-27(9-34(93-29)75-18-67-38-47(75)70-53(59)72-49(38)79)98-103(83,108)88-11-28-26(8-32(92-28)73-10-21(2)41(55)68-54(73)80)97-104(84,109)89-13-31-40(23(4)51(95-31)77-20-65-36-43(57)61-16-63-45(36)77)100-105(85,110)90-14-30-39(99-101(81,106)86-5)22(3)50(94-30)76-19-64-35-42(56)60-15-62-44(35)76/h10,15-20,22-34,39-40,50-51H,6-9,11-14H2,1-5H3,(H,81,106)(H,82,107)(H,83,108)(H,84,109)(H,85,110)(H2,55,68,80)(H2,56,60,62)(H2,57,61,63)(H3,58,69,71,78)(H3,59,70,72,79)/t22?,23?,24-,25-,26-,27-,28-,29-,30-,31-,32-,33-,34-,39-,40-,50-,51-,101?,102?,103?,104?,105?/m1/s1. The van der Waals surface area contributed by atoms with Gasteiger partial charge in [0.15, 0.2) is 45.3 Å². The van der Waals surface area contributed by atoms with Gasteiger partial charge in [-0.25, -0.2) is 44.7 Å². The Kier molecular flexibility index (Phi) is 23.3. The number of hydrogen-bond acceptors (Lipinski definition) is 39. The number of ether oxygens (including phenoxy) is 5. The average molecular weight is 1730 g/mol. The molecule has 110 heavy (non-hydrogen) atoms. The Morgan fingerprint density at radius 1 is 0.473 bits per heavy atom. The maximum atomic E-state index is 13.5. The topological polar surface area (TPSA) is 619 Å². The number of anilines is 5. The van der Waals surface area contributed by atoms with E-state index in [4.69, 9.17) is 157 Å². The molecule has 0 spiro atoms. The summed E-state index contributed by atoms with van der Waals surface area (Å²) in [5.41, 5.74) is 29.5. The Bertz CT molecular complexity index is 5440. The van der Waals surface area contributed by atoms with E-state index in [1.54, 1.807) is 25.3 Å². The van der Waals surface area contributed by atoms with Crippen molar-refractivity contribution < 1.29 is 93.4 Å². The number of aromatic nitrogens is 18. The van der Waals surface area contributed by atoms with E-state index in [1.807, 2.05) is 6.92 Å². The highest BCUT2D eigenvalue weighted by Crippen LogP contribution is 2.57. The number of fused-ring (bicyclic) bond motifs is 4. The molecule has 14 heterocycles. The number of hydrogen-bond donors (Lipinski definition) is 12. The molecule has 46 nitrogen and oxygen atoms in total. The van der Waals surface area contributed by atoms with Crippen LogP contribution in [0, 0.1) is 18.8 Å². The van der Waals surface area contributed by atoms with Crippen LogP contribution in [0.15, 0.2) is 58.5 Å². The molecule has 5 fully saturated rings. The first kappa shape index (κ1) is 80.7. The lowest BCUT2D eigenvalue weighted by Crippen LogP contribution is -2.34. The zero-order valence-electron chi connectivity index (χ0n) is 57.9. The summed E-state index contributed by atoms with van der Waals surface area (Å²) >= 11 is 27.9. The normalized spacial score (nSPS) is 30.0. The van der Waals surface area contributed by atoms with Crippen LogP contribution in [0.2, 0.25) is 0 Å². The van der Waals surface area contributed by atoms with Gasteiger partial charge >= 0.3 is 39.3 Å². The molecule has 0 saturated carbocycles. The number of imidazole rings is 4. The quantitative estimate of drug-likeness (QED) is 0.0295. The Labute approximate surface area is 644 Å². The molecule has 14 rings (SSSR count). The van der Waals surface area contributed by atoms with Crippen molar-refractivity contribution in [1.29, 1.82) is 0 Å². The van der Waals surface area contributed by atoms with Crippen molar-refractivity contribution in [3.05, 3.63) is 80.9 Å². The molecule has 5 saturated heterocycles. The highest BCUT2D eigenvalue weighted by molar-refractivity contribution is 8.08. The fourth-order valence-corrected chi connectivity index (χ4v) is 20.4. The van der Waals surface area contributed by atoms with Crippen LogP contribution in [-0.2, 0) is 128 Å². The van der Waals surface area contributed by atoms with E-state index in [1.165, 1.54) is 65.0 Å². The number of rotatable bonds is 29. The van der Waals surface area contributed by atoms with E-state index < -0.39 is 181 Å². The third-order valence-electron chi connectivity index (χ3n) is 18.7. The largest absolute Gasteiger partial charge is 0.383 e. The van der Waals surface area contributed by atoms with Crippen molar-refractivity contribution in [1.82, 2.24) is 87.6 Å². The second kappa shape index (κ2) is 31.7. The third-order valence-corrected chi connectivity index (χ3v) is 26.7. The van der Waals surface area contributed by atoms with Gasteiger partial charge in [-0.1, -0.05) is 20.8 Å². The first-order valence-corrected chi connectivity index (χ1v) is 46.1. The Balaban J connectivity index is 0.683. The van der Waals surface area contributed by atoms with E-state index in [9.17, 15) is 38.9 Å². The lowest BCUT2D eigenvalue weighted by Gasteiger charge is -2.29. The van der Waals surface area contributed by atoms with Gasteiger partial charge in [-0.05, 0) is 72.4 Å². The highest BCUT2D eigenvalue weighted by atomic mass is 32.5. The number of nitrogens with one attached hydrogen (secondary N) is 2. The summed E-state index contributed by atoms with van der Waals surface area (Å²) in [4.78, 5) is 149. The minimum absolute atomic E-state index is 0.00169. The van der Waals surface area contributed by atoms with Crippen LogP contribution in [-0.4, -0.2) is 207 Å². The molecular formula is C54H72N23O23P5S5. The zero-order valence-corrected chi connectivity index (χ0v) is 66.5. The summed E-state index contributed by atoms with van der Waals surface area (Å²) in [6.07, 6.45) is -7.40. The monoisotopic (exact) mass is 1730 g/mol. The number of aryl methyl sites for hydroxylation is 1. The van der Waals surface area contributed by atoms with Crippen molar-refractivity contribution in [2.24, 2.45) is 11.8 Å². The maximum absolute atomic E-state index is 13.5. The highest BCUT2D eigenvalue weighted by Gasteiger charge is 2.52. The van der Waals surface area contributed by atoms with Gasteiger partial charge in [0.05, 0.1) is 76.2 Å². The van der Waals surface area contributed by atoms with Gasteiger partial charge in [0, 0.05) is 50.0 Å². The number of nitrogens with zero attached hydrogens (tertiary/aromatic N) is 16. The second-order valence-electron chi connectivity index (χ2n) is 25.8. The van der Waals surface area contributed by atoms with Crippen molar-refractivity contribution >= 4 is 167 Å². The van der Waals surface area contributed by atoms with Crippen LogP contribution in [0.1, 0.15) is 83.2 Å². The molecule has 0 bridgehead atoms. The fraction of sp³-hybridized carbons (Fsp3) is 0.556. The summed E-state index contributed by atoms with van der Waals surface area (Å²) in [6.45, 7) is -17.4. The molecule has 596 valence electrons. The molecular weight excluding hydrogens is 1650 g/mol. The molecule has 9 aromatic rings. The van der Waals surface area contributed by atoms with Gasteiger partial charge in [-0.15, -0.1) is 0 Å². The molecule has 9 aromatic heterocycles. The van der Waals surface area contributed by atoms with E-state index in [-0.39, 0.29) is 87.6 Å². The van der Waals surface area contributed by atoms with Crippen molar-refractivity contribution in [2.75, 3.05) is 62.2 Å². The summed E-state index contributed by atoms with van der Waals surface area (Å²) in [6, 6.07) is 0. The van der Waals surface area contributed by atoms with Gasteiger partial charge in [0.25, 0.3) is 11.1 Å². The minimum atomic E-state index is -4.59. The van der Waals surface area contributed by atoms with Crippen LogP contribution in [0.25, 0.3) is 44.7 Å². The number of H-pyrrole nitrogens is 2. The average Bonchev–Trinajstić information content (AvgIpc) is 1.68. The number of aromatic amines is 2. The number of nitrogens with two attached hydrogens (primary N) is 5. The van der Waals surface area contributed by atoms with Crippen molar-refractivity contribution in [3.63, 3.8) is 0 Å². The molecule has 17 N–H and O–H groups in total. The summed E-state index contributed by atoms with van der Waals surface area (Å²) in [7, 11) is 1.18. The smallest absolute Gasteiger partial charge is 0.351 e. The Morgan fingerprint density at radius 3 is 1.27 bits per heavy atom.